The lowest BCUT2D eigenvalue weighted by Gasteiger charge is -2.15. The number of pyridine rings is 2. The monoisotopic (exact) mass is 298 g/mol. The van der Waals surface area contributed by atoms with Gasteiger partial charge in [-0.2, -0.15) is 0 Å². The topological polar surface area (TPSA) is 84.0 Å². The molecule has 0 aliphatic carbocycles. The van der Waals surface area contributed by atoms with Crippen LogP contribution in [-0.2, 0) is 4.79 Å². The Morgan fingerprint density at radius 2 is 2.09 bits per heavy atom. The van der Waals surface area contributed by atoms with Crippen LogP contribution in [0, 0.1) is 0 Å². The highest BCUT2D eigenvalue weighted by atomic mass is 16.2. The summed E-state index contributed by atoms with van der Waals surface area (Å²) in [6.45, 7) is 3.64. The van der Waals surface area contributed by atoms with E-state index in [1.54, 1.807) is 43.6 Å². The summed E-state index contributed by atoms with van der Waals surface area (Å²) >= 11 is 0. The predicted octanol–water partition coefficient (Wildman–Crippen LogP) is 2.32. The minimum Gasteiger partial charge on any atom is -0.345 e. The Kier molecular flexibility index (Phi) is 5.19. The standard InChI is InChI=1S/C16H18N4O2/c1-3-15(21)20-14-9-12(6-8-18-14)11(2)19-16(22)13-5-4-7-17-10-13/h4-11H,3H2,1-2H3,(H,19,22)(H,18,20,21). The molecule has 2 aromatic heterocycles. The second-order valence-corrected chi connectivity index (χ2v) is 4.81. The molecular weight excluding hydrogens is 280 g/mol. The zero-order valence-electron chi connectivity index (χ0n) is 12.5. The summed E-state index contributed by atoms with van der Waals surface area (Å²) in [4.78, 5) is 31.5. The first-order valence-corrected chi connectivity index (χ1v) is 7.07. The molecule has 0 saturated carbocycles. The van der Waals surface area contributed by atoms with Crippen LogP contribution >= 0.6 is 0 Å². The molecule has 114 valence electrons. The average Bonchev–Trinajstić information content (AvgIpc) is 2.55. The summed E-state index contributed by atoms with van der Waals surface area (Å²) in [5, 5.41) is 5.59. The first-order chi connectivity index (χ1) is 10.6. The van der Waals surface area contributed by atoms with E-state index in [-0.39, 0.29) is 17.9 Å². The lowest BCUT2D eigenvalue weighted by atomic mass is 10.1. The van der Waals surface area contributed by atoms with Crippen LogP contribution in [0.4, 0.5) is 5.82 Å². The largest absolute Gasteiger partial charge is 0.345 e. The Bertz CT molecular complexity index is 658. The number of aromatic nitrogens is 2. The van der Waals surface area contributed by atoms with E-state index in [1.165, 1.54) is 6.20 Å². The van der Waals surface area contributed by atoms with Gasteiger partial charge in [-0.25, -0.2) is 4.98 Å². The number of nitrogens with one attached hydrogen (secondary N) is 2. The van der Waals surface area contributed by atoms with E-state index >= 15 is 0 Å². The fourth-order valence-corrected chi connectivity index (χ4v) is 1.88. The van der Waals surface area contributed by atoms with Crippen molar-refractivity contribution in [3.63, 3.8) is 0 Å². The van der Waals surface area contributed by atoms with Crippen LogP contribution in [-0.4, -0.2) is 21.8 Å². The maximum Gasteiger partial charge on any atom is 0.253 e. The predicted molar refractivity (Wildman–Crippen MR) is 83.3 cm³/mol. The van der Waals surface area contributed by atoms with Crippen LogP contribution in [0.1, 0.15) is 42.2 Å². The number of anilines is 1. The zero-order valence-corrected chi connectivity index (χ0v) is 12.5. The van der Waals surface area contributed by atoms with Crippen molar-refractivity contribution in [3.05, 3.63) is 54.0 Å². The van der Waals surface area contributed by atoms with Gasteiger partial charge in [0.05, 0.1) is 11.6 Å². The summed E-state index contributed by atoms with van der Waals surface area (Å²) in [7, 11) is 0. The van der Waals surface area contributed by atoms with Gasteiger partial charge in [0.1, 0.15) is 5.82 Å². The lowest BCUT2D eigenvalue weighted by Crippen LogP contribution is -2.26. The molecule has 1 atom stereocenters. The van der Waals surface area contributed by atoms with E-state index < -0.39 is 0 Å². The molecule has 0 fully saturated rings. The maximum atomic E-state index is 12.1. The van der Waals surface area contributed by atoms with Gasteiger partial charge in [0.15, 0.2) is 0 Å². The van der Waals surface area contributed by atoms with E-state index in [4.69, 9.17) is 0 Å². The highest BCUT2D eigenvalue weighted by Gasteiger charge is 2.12. The summed E-state index contributed by atoms with van der Waals surface area (Å²) in [5.74, 6) is 0.181. The Balaban J connectivity index is 2.06. The third-order valence-electron chi connectivity index (χ3n) is 3.14. The SMILES string of the molecule is CCC(=O)Nc1cc(C(C)NC(=O)c2cccnc2)ccn1. The second kappa shape index (κ2) is 7.31. The Hall–Kier alpha value is -2.76. The van der Waals surface area contributed by atoms with Crippen LogP contribution in [0.3, 0.4) is 0 Å². The maximum absolute atomic E-state index is 12.1. The zero-order chi connectivity index (χ0) is 15.9. The van der Waals surface area contributed by atoms with Gasteiger partial charge >= 0.3 is 0 Å². The molecule has 0 spiro atoms. The van der Waals surface area contributed by atoms with Crippen molar-refractivity contribution in [1.82, 2.24) is 15.3 Å². The Labute approximate surface area is 129 Å². The summed E-state index contributed by atoms with van der Waals surface area (Å²) in [6.07, 6.45) is 5.12. The van der Waals surface area contributed by atoms with Crippen molar-refractivity contribution in [3.8, 4) is 0 Å². The van der Waals surface area contributed by atoms with E-state index in [2.05, 4.69) is 20.6 Å². The van der Waals surface area contributed by atoms with Gasteiger partial charge in [0.2, 0.25) is 5.91 Å². The molecule has 2 heterocycles. The lowest BCUT2D eigenvalue weighted by molar-refractivity contribution is -0.115. The van der Waals surface area contributed by atoms with Crippen LogP contribution in [0.15, 0.2) is 42.9 Å². The molecule has 22 heavy (non-hydrogen) atoms. The van der Waals surface area contributed by atoms with Gasteiger partial charge in [-0.3, -0.25) is 14.6 Å². The molecular formula is C16H18N4O2. The number of hydrogen-bond acceptors (Lipinski definition) is 4. The van der Waals surface area contributed by atoms with Crippen molar-refractivity contribution in [2.45, 2.75) is 26.3 Å². The smallest absolute Gasteiger partial charge is 0.253 e. The van der Waals surface area contributed by atoms with Crippen molar-refractivity contribution in [1.29, 1.82) is 0 Å². The van der Waals surface area contributed by atoms with Gasteiger partial charge in [0.25, 0.3) is 5.91 Å². The fraction of sp³-hybridized carbons (Fsp3) is 0.250. The van der Waals surface area contributed by atoms with Crippen LogP contribution in [0.5, 0.6) is 0 Å². The van der Waals surface area contributed by atoms with Crippen LogP contribution in [0.25, 0.3) is 0 Å². The van der Waals surface area contributed by atoms with Crippen molar-refractivity contribution >= 4 is 17.6 Å². The Morgan fingerprint density at radius 1 is 1.27 bits per heavy atom. The number of nitrogens with zero attached hydrogens (tertiary/aromatic N) is 2. The highest BCUT2D eigenvalue weighted by Crippen LogP contribution is 2.16. The molecule has 0 aliphatic rings. The minimum absolute atomic E-state index is 0.100. The van der Waals surface area contributed by atoms with Gasteiger partial charge < -0.3 is 10.6 Å². The minimum atomic E-state index is -0.215. The van der Waals surface area contributed by atoms with E-state index in [0.29, 0.717) is 17.8 Å². The molecule has 0 aromatic carbocycles. The van der Waals surface area contributed by atoms with E-state index in [9.17, 15) is 9.59 Å². The third kappa shape index (κ3) is 4.12. The highest BCUT2D eigenvalue weighted by molar-refractivity contribution is 5.94. The fourth-order valence-electron chi connectivity index (χ4n) is 1.88. The number of amides is 2. The van der Waals surface area contributed by atoms with Gasteiger partial charge in [-0.05, 0) is 36.8 Å². The molecule has 0 bridgehead atoms. The number of rotatable bonds is 5. The summed E-state index contributed by atoms with van der Waals surface area (Å²) in [6, 6.07) is 6.75. The van der Waals surface area contributed by atoms with Gasteiger partial charge in [0, 0.05) is 25.0 Å². The number of hydrogen-bond donors (Lipinski definition) is 2. The number of carbonyl (C=O) groups is 2. The number of carbonyl (C=O) groups excluding carboxylic acids is 2. The molecule has 0 saturated heterocycles. The normalized spacial score (nSPS) is 11.5. The first kappa shape index (κ1) is 15.6. The van der Waals surface area contributed by atoms with Crippen LogP contribution in [0.2, 0.25) is 0 Å². The third-order valence-corrected chi connectivity index (χ3v) is 3.14. The first-order valence-electron chi connectivity index (χ1n) is 7.07. The second-order valence-electron chi connectivity index (χ2n) is 4.81. The quantitative estimate of drug-likeness (QED) is 0.887. The molecule has 2 aromatic rings. The molecule has 1 unspecified atom stereocenters. The molecule has 2 amide bonds. The van der Waals surface area contributed by atoms with Crippen molar-refractivity contribution in [2.24, 2.45) is 0 Å². The summed E-state index contributed by atoms with van der Waals surface area (Å²) in [5.41, 5.74) is 1.36. The molecule has 0 aliphatic heterocycles. The van der Waals surface area contributed by atoms with Crippen molar-refractivity contribution < 1.29 is 9.59 Å². The van der Waals surface area contributed by atoms with Gasteiger partial charge in [-0.15, -0.1) is 0 Å². The molecule has 6 nitrogen and oxygen atoms in total. The summed E-state index contributed by atoms with van der Waals surface area (Å²) < 4.78 is 0. The molecule has 2 rings (SSSR count). The Morgan fingerprint density at radius 3 is 2.77 bits per heavy atom. The van der Waals surface area contributed by atoms with E-state index in [1.807, 2.05) is 6.92 Å². The average molecular weight is 298 g/mol. The molecule has 0 radical (unpaired) electrons. The van der Waals surface area contributed by atoms with Crippen LogP contribution < -0.4 is 10.6 Å². The molecule has 2 N–H and O–H groups in total. The van der Waals surface area contributed by atoms with Crippen molar-refractivity contribution in [2.75, 3.05) is 5.32 Å². The van der Waals surface area contributed by atoms with E-state index in [0.717, 1.165) is 5.56 Å². The molecule has 6 heteroatoms. The van der Waals surface area contributed by atoms with Gasteiger partial charge in [-0.1, -0.05) is 6.92 Å².